The van der Waals surface area contributed by atoms with Gasteiger partial charge in [-0.05, 0) is 41.7 Å². The fraction of sp³-hybridized carbons (Fsp3) is 0.516. The van der Waals surface area contributed by atoms with E-state index >= 15 is 0 Å². The van der Waals surface area contributed by atoms with Gasteiger partial charge in [-0.15, -0.1) is 0 Å². The smallest absolute Gasteiger partial charge is 0.188 e. The van der Waals surface area contributed by atoms with Crippen molar-refractivity contribution >= 4 is 11.6 Å². The van der Waals surface area contributed by atoms with E-state index in [0.717, 1.165) is 96.8 Å². The highest BCUT2D eigenvalue weighted by molar-refractivity contribution is 6.31. The summed E-state index contributed by atoms with van der Waals surface area (Å²) in [5, 5.41) is 15.4. The first-order valence-corrected chi connectivity index (χ1v) is 14.3. The summed E-state index contributed by atoms with van der Waals surface area (Å²) in [6.45, 7) is 5.92. The summed E-state index contributed by atoms with van der Waals surface area (Å²) < 4.78 is 13.8. The van der Waals surface area contributed by atoms with Gasteiger partial charge in [0.15, 0.2) is 17.8 Å². The number of nitrogens with zero attached hydrogens (tertiary/aromatic N) is 2. The van der Waals surface area contributed by atoms with Gasteiger partial charge in [-0.3, -0.25) is 0 Å². The van der Waals surface area contributed by atoms with Crippen molar-refractivity contribution in [1.82, 2.24) is 4.98 Å². The molecule has 6 heteroatoms. The molecule has 0 unspecified atom stereocenters. The van der Waals surface area contributed by atoms with Crippen molar-refractivity contribution < 1.29 is 18.7 Å². The standard InChI is InChI=1S/C31H37ClN2O3/c1-22-12-13-26(18-28(22)32)36-29-21-34(16-14-23(29)15-17-34)20-27-19-33-30(37-27)31(35,24-8-4-2-5-9-24)25-10-6-3-7-11-25/h2,4-5,8-9,12-13,18-19,23,25,29H,3,6-7,10-11,14-17,20-21H2,1H3/t23?,29-,31-,34?/m1/s1. The lowest BCUT2D eigenvalue weighted by atomic mass is 9.73. The molecular weight excluding hydrogens is 484 g/mol. The van der Waals surface area contributed by atoms with Gasteiger partial charge in [-0.1, -0.05) is 80.1 Å². The van der Waals surface area contributed by atoms with E-state index in [1.165, 1.54) is 6.42 Å². The molecule has 3 saturated heterocycles. The molecule has 1 aromatic heterocycles. The number of aromatic nitrogens is 1. The third kappa shape index (κ3) is 4.82. The quantitative estimate of drug-likeness (QED) is 0.358. The van der Waals surface area contributed by atoms with E-state index in [1.807, 2.05) is 61.7 Å². The Labute approximate surface area is 225 Å². The number of hydrogen-bond donors (Lipinski definition) is 0. The van der Waals surface area contributed by atoms with E-state index in [0.29, 0.717) is 11.8 Å². The van der Waals surface area contributed by atoms with Crippen LogP contribution in [0.25, 0.3) is 0 Å². The number of aryl methyl sites for hydroxylation is 1. The molecule has 2 bridgehead atoms. The zero-order valence-electron chi connectivity index (χ0n) is 21.7. The molecule has 196 valence electrons. The molecule has 5 nitrogen and oxygen atoms in total. The molecule has 2 atom stereocenters. The van der Waals surface area contributed by atoms with Crippen LogP contribution in [0.15, 0.2) is 59.1 Å². The van der Waals surface area contributed by atoms with E-state index in [2.05, 4.69) is 4.98 Å². The van der Waals surface area contributed by atoms with Gasteiger partial charge in [0.1, 0.15) is 18.8 Å². The monoisotopic (exact) mass is 520 g/mol. The number of rotatable bonds is 7. The second-order valence-electron chi connectivity index (χ2n) is 11.6. The van der Waals surface area contributed by atoms with Crippen molar-refractivity contribution in [3.8, 4) is 5.75 Å². The molecule has 0 N–H and O–H groups in total. The van der Waals surface area contributed by atoms with Gasteiger partial charge in [0.2, 0.25) is 0 Å². The largest absolute Gasteiger partial charge is 0.839 e. The number of fused-ring (bicyclic) bond motifs is 3. The first kappa shape index (κ1) is 25.0. The molecule has 4 aliphatic rings. The van der Waals surface area contributed by atoms with E-state index in [4.69, 9.17) is 20.8 Å². The first-order valence-electron chi connectivity index (χ1n) is 13.9. The van der Waals surface area contributed by atoms with Crippen molar-refractivity contribution in [2.75, 3.05) is 19.6 Å². The lowest BCUT2D eigenvalue weighted by molar-refractivity contribution is -0.958. The molecular formula is C31H37ClN2O3. The molecule has 2 aromatic carbocycles. The maximum atomic E-state index is 14.6. The Bertz CT molecular complexity index is 1210. The summed E-state index contributed by atoms with van der Waals surface area (Å²) >= 11 is 6.36. The number of oxazole rings is 1. The van der Waals surface area contributed by atoms with Gasteiger partial charge in [-0.2, -0.15) is 0 Å². The highest BCUT2D eigenvalue weighted by atomic mass is 35.5. The normalized spacial score (nSPS) is 27.6. The fourth-order valence-electron chi connectivity index (χ4n) is 7.01. The Hall–Kier alpha value is -2.34. The number of quaternary nitrogens is 1. The zero-order chi connectivity index (χ0) is 25.5. The topological polar surface area (TPSA) is 58.3 Å². The van der Waals surface area contributed by atoms with Crippen LogP contribution in [0.4, 0.5) is 0 Å². The maximum absolute atomic E-state index is 14.6. The Balaban J connectivity index is 1.23. The van der Waals surface area contributed by atoms with Crippen LogP contribution in [0.2, 0.25) is 5.02 Å². The van der Waals surface area contributed by atoms with Crippen molar-refractivity contribution in [1.29, 1.82) is 0 Å². The van der Waals surface area contributed by atoms with Gasteiger partial charge in [0.05, 0.1) is 19.3 Å². The van der Waals surface area contributed by atoms with Crippen molar-refractivity contribution in [3.05, 3.63) is 82.5 Å². The molecule has 1 aliphatic carbocycles. The molecule has 4 heterocycles. The van der Waals surface area contributed by atoms with E-state index < -0.39 is 5.60 Å². The van der Waals surface area contributed by atoms with E-state index in [9.17, 15) is 5.11 Å². The summed E-state index contributed by atoms with van der Waals surface area (Å²) in [5.41, 5.74) is 0.391. The first-order chi connectivity index (χ1) is 18.0. The lowest BCUT2D eigenvalue weighted by Crippen LogP contribution is -2.64. The van der Waals surface area contributed by atoms with E-state index in [-0.39, 0.29) is 12.0 Å². The van der Waals surface area contributed by atoms with Crippen LogP contribution in [-0.2, 0) is 12.1 Å². The SMILES string of the molecule is Cc1ccc(O[C@@H]2C[N+]3(Cc4cnc([C@@]([O-])(c5ccccc5)C5CCCCC5)o4)CCC2CC3)cc1Cl. The van der Waals surface area contributed by atoms with Crippen molar-refractivity contribution in [2.45, 2.75) is 70.1 Å². The molecule has 0 amide bonds. The second-order valence-corrected chi connectivity index (χ2v) is 12.0. The molecule has 0 spiro atoms. The van der Waals surface area contributed by atoms with Crippen molar-refractivity contribution in [3.63, 3.8) is 0 Å². The van der Waals surface area contributed by atoms with Crippen LogP contribution in [0.3, 0.4) is 0 Å². The number of hydrogen-bond acceptors (Lipinski definition) is 4. The summed E-state index contributed by atoms with van der Waals surface area (Å²) in [6.07, 6.45) is 9.53. The average molecular weight is 521 g/mol. The van der Waals surface area contributed by atoms with Gasteiger partial charge >= 0.3 is 0 Å². The van der Waals surface area contributed by atoms with Crippen LogP contribution >= 0.6 is 11.6 Å². The minimum atomic E-state index is -1.44. The minimum Gasteiger partial charge on any atom is -0.839 e. The number of benzene rings is 2. The molecule has 4 fully saturated rings. The molecule has 0 radical (unpaired) electrons. The molecule has 7 rings (SSSR count). The van der Waals surface area contributed by atoms with Crippen LogP contribution < -0.4 is 9.84 Å². The van der Waals surface area contributed by atoms with Crippen LogP contribution in [-0.4, -0.2) is 35.2 Å². The Morgan fingerprint density at radius 1 is 1.05 bits per heavy atom. The molecule has 3 aliphatic heterocycles. The highest BCUT2D eigenvalue weighted by Crippen LogP contribution is 2.43. The predicted octanol–water partition coefficient (Wildman–Crippen LogP) is 6.01. The second kappa shape index (κ2) is 10.1. The Morgan fingerprint density at radius 2 is 1.81 bits per heavy atom. The average Bonchev–Trinajstić information content (AvgIpc) is 3.40. The zero-order valence-corrected chi connectivity index (χ0v) is 22.5. The minimum absolute atomic E-state index is 0.00651. The highest BCUT2D eigenvalue weighted by Gasteiger charge is 2.48. The maximum Gasteiger partial charge on any atom is 0.188 e. The van der Waals surface area contributed by atoms with E-state index in [1.54, 1.807) is 0 Å². The Morgan fingerprint density at radius 3 is 2.54 bits per heavy atom. The third-order valence-electron chi connectivity index (χ3n) is 9.22. The fourth-order valence-corrected chi connectivity index (χ4v) is 7.18. The van der Waals surface area contributed by atoms with Crippen LogP contribution in [0.5, 0.6) is 5.75 Å². The summed E-state index contributed by atoms with van der Waals surface area (Å²) in [4.78, 5) is 4.65. The number of halogens is 1. The van der Waals surface area contributed by atoms with Crippen LogP contribution in [0.1, 0.15) is 67.7 Å². The van der Waals surface area contributed by atoms with Gasteiger partial charge in [0.25, 0.3) is 0 Å². The summed E-state index contributed by atoms with van der Waals surface area (Å²) in [7, 11) is 0. The van der Waals surface area contributed by atoms with Gasteiger partial charge < -0.3 is 18.7 Å². The number of piperidine rings is 3. The summed E-state index contributed by atoms with van der Waals surface area (Å²) in [5.74, 6) is 2.59. The Kier molecular flexibility index (Phi) is 6.81. The number of ether oxygens (including phenoxy) is 1. The predicted molar refractivity (Wildman–Crippen MR) is 142 cm³/mol. The molecule has 3 aromatic rings. The summed E-state index contributed by atoms with van der Waals surface area (Å²) in [6, 6.07) is 15.7. The van der Waals surface area contributed by atoms with Gasteiger partial charge in [-0.25, -0.2) is 4.98 Å². The van der Waals surface area contributed by atoms with Crippen molar-refractivity contribution in [2.24, 2.45) is 11.8 Å². The van der Waals surface area contributed by atoms with Gasteiger partial charge in [0, 0.05) is 23.8 Å². The van der Waals surface area contributed by atoms with Crippen LogP contribution in [0, 0.1) is 18.8 Å². The lowest BCUT2D eigenvalue weighted by Gasteiger charge is -2.51. The third-order valence-corrected chi connectivity index (χ3v) is 9.62. The molecule has 1 saturated carbocycles. The molecule has 37 heavy (non-hydrogen) atoms.